The first kappa shape index (κ1) is 11.9. The first-order chi connectivity index (χ1) is 41.4. The number of anilines is 3. The SMILES string of the molecule is [2H]c1c([2H])c([2H])c(-c2c([2H])c([2H])c(N(c3c([2H])c([2H])c(-c4c([2H])c([2H])c([2H])c([2H])c4[2H])c([2H])c3[2H])c3c([2H])c([2H])c([2H])c4c3-c3c([2H])c([2H])c(-c5c([2H])c([2H])c([2H])c([2H])c5[2H])c([2H])c3-c3c(c([2H])c5c([2H])c([2H])c([2H])c([2H])c5c3[2H])O4)c([2H])c2[2H])c([2H])c1[2H]. The molecule has 254 valence electrons. The molecule has 0 spiro atoms. The van der Waals surface area contributed by atoms with Crippen molar-refractivity contribution in [2.45, 2.75) is 0 Å². The highest BCUT2D eigenvalue weighted by Gasteiger charge is 2.27. The van der Waals surface area contributed by atoms with E-state index in [0.717, 1.165) is 0 Å². The molecule has 9 aromatic carbocycles. The average Bonchev–Trinajstić information content (AvgIpc) is 1.72. The van der Waals surface area contributed by atoms with Gasteiger partial charge in [0.2, 0.25) is 0 Å². The van der Waals surface area contributed by atoms with Gasteiger partial charge in [0.1, 0.15) is 11.5 Å². The summed E-state index contributed by atoms with van der Waals surface area (Å²) in [5.74, 6) is -2.23. The fourth-order valence-corrected chi connectivity index (χ4v) is 5.52. The Morgan fingerprint density at radius 2 is 0.815 bits per heavy atom. The van der Waals surface area contributed by atoms with Crippen LogP contribution in [0.25, 0.3) is 66.4 Å². The lowest BCUT2D eigenvalue weighted by atomic mass is 9.89. The van der Waals surface area contributed by atoms with Crippen molar-refractivity contribution in [3.05, 3.63) is 211 Å². The van der Waals surface area contributed by atoms with Crippen LogP contribution in [0.3, 0.4) is 0 Å². The van der Waals surface area contributed by atoms with Gasteiger partial charge in [-0.15, -0.1) is 0 Å². The maximum atomic E-state index is 10.1. The molecule has 0 aliphatic carbocycles. The molecular formula is C52H35NO. The van der Waals surface area contributed by atoms with Gasteiger partial charge in [0.15, 0.2) is 0 Å². The molecule has 0 amide bonds. The lowest BCUT2D eigenvalue weighted by molar-refractivity contribution is 0.488. The van der Waals surface area contributed by atoms with Crippen molar-refractivity contribution < 1.29 is 52.7 Å². The summed E-state index contributed by atoms with van der Waals surface area (Å²) < 4.78 is 324. The Morgan fingerprint density at radius 3 is 1.39 bits per heavy atom. The third-order valence-corrected chi connectivity index (χ3v) is 7.88. The van der Waals surface area contributed by atoms with Crippen LogP contribution in [0.5, 0.6) is 11.5 Å². The highest BCUT2D eigenvalue weighted by molar-refractivity contribution is 6.02. The summed E-state index contributed by atoms with van der Waals surface area (Å²) in [6.45, 7) is 0. The number of hydrogen-bond donors (Lipinski definition) is 0. The van der Waals surface area contributed by atoms with Crippen LogP contribution in [0.1, 0.15) is 48.0 Å². The molecule has 0 aromatic heterocycles. The van der Waals surface area contributed by atoms with Gasteiger partial charge in [-0.05, 0) is 110 Å². The largest absolute Gasteiger partial charge is 0.456 e. The topological polar surface area (TPSA) is 12.5 Å². The predicted molar refractivity (Wildman–Crippen MR) is 226 cm³/mol. The van der Waals surface area contributed by atoms with E-state index in [4.69, 9.17) is 30.8 Å². The lowest BCUT2D eigenvalue weighted by Crippen LogP contribution is -2.11. The van der Waals surface area contributed by atoms with Gasteiger partial charge in [0.25, 0.3) is 0 Å². The zero-order chi connectivity index (χ0) is 66.3. The van der Waals surface area contributed by atoms with E-state index in [2.05, 4.69) is 0 Å². The molecule has 1 aliphatic rings. The molecule has 2 heteroatoms. The first-order valence-electron chi connectivity index (χ1n) is 33.1. The standard InChI is InChI=1S/C52H35NO/c1-4-13-36(14-5-1)39-23-28-44(29-24-39)53(45-30-25-40(26-31-45)37-15-6-2-7-16-37)49-21-12-22-50-52(49)46-32-27-43(38-17-8-3-9-18-38)33-47(46)48-34-41-19-10-11-20-42(41)35-51(48)54-50/h1-35H/i1D,2D,3D,4D,5D,6D,7D,8D,9D,10D,11D,12D,13D,14D,15D,16D,17D,18D,19D,20D,21D,22D,23D,24D,25D,26D,27D,28D,29D,30D,31D,32D,33D,34D,35D. The molecule has 0 radical (unpaired) electrons. The normalized spacial score (nSPS) is 20.6. The minimum absolute atomic E-state index is 0.249. The van der Waals surface area contributed by atoms with Crippen molar-refractivity contribution in [3.8, 4) is 67.1 Å². The highest BCUT2D eigenvalue weighted by atomic mass is 16.5. The minimum atomic E-state index is -1.39. The highest BCUT2D eigenvalue weighted by Crippen LogP contribution is 2.54. The van der Waals surface area contributed by atoms with E-state index in [1.165, 1.54) is 0 Å². The molecule has 10 rings (SSSR count). The summed E-state index contributed by atoms with van der Waals surface area (Å²) in [6, 6.07) is -39.7. The van der Waals surface area contributed by atoms with Gasteiger partial charge < -0.3 is 9.64 Å². The van der Waals surface area contributed by atoms with Gasteiger partial charge >= 0.3 is 0 Å². The van der Waals surface area contributed by atoms with E-state index in [9.17, 15) is 21.9 Å². The second kappa shape index (κ2) is 13.4. The van der Waals surface area contributed by atoms with E-state index >= 15 is 0 Å². The van der Waals surface area contributed by atoms with E-state index in [1.807, 2.05) is 0 Å². The van der Waals surface area contributed by atoms with Crippen LogP contribution >= 0.6 is 0 Å². The first-order valence-corrected chi connectivity index (χ1v) is 15.6. The number of rotatable bonds is 6. The van der Waals surface area contributed by atoms with Crippen LogP contribution in [0.4, 0.5) is 17.1 Å². The summed E-state index contributed by atoms with van der Waals surface area (Å²) in [4.78, 5) is 0.249. The van der Waals surface area contributed by atoms with Crippen molar-refractivity contribution in [2.75, 3.05) is 4.90 Å². The van der Waals surface area contributed by atoms with Crippen molar-refractivity contribution in [3.63, 3.8) is 0 Å². The monoisotopic (exact) mass is 724 g/mol. The Labute approximate surface area is 365 Å². The Balaban J connectivity index is 1.51. The second-order valence-corrected chi connectivity index (χ2v) is 11.0. The molecule has 2 nitrogen and oxygen atoms in total. The van der Waals surface area contributed by atoms with E-state index in [0.29, 0.717) is 0 Å². The molecule has 54 heavy (non-hydrogen) atoms. The van der Waals surface area contributed by atoms with Crippen LogP contribution in [0.2, 0.25) is 0 Å². The van der Waals surface area contributed by atoms with Gasteiger partial charge in [-0.25, -0.2) is 0 Å². The predicted octanol–water partition coefficient (Wildman–Crippen LogP) is 14.8. The number of ether oxygens (including phenoxy) is 1. The van der Waals surface area contributed by atoms with Crippen LogP contribution in [0.15, 0.2) is 211 Å². The van der Waals surface area contributed by atoms with Gasteiger partial charge in [0.05, 0.1) is 53.7 Å². The number of hydrogen-bond acceptors (Lipinski definition) is 2. The maximum Gasteiger partial charge on any atom is 0.137 e. The van der Waals surface area contributed by atoms with Gasteiger partial charge in [-0.1, -0.05) is 157 Å². The van der Waals surface area contributed by atoms with Gasteiger partial charge in [-0.2, -0.15) is 0 Å². The fourth-order valence-electron chi connectivity index (χ4n) is 5.52. The molecule has 0 saturated heterocycles. The van der Waals surface area contributed by atoms with Crippen LogP contribution < -0.4 is 9.64 Å². The molecular weight excluding hydrogens is 655 g/mol. The van der Waals surface area contributed by atoms with Crippen molar-refractivity contribution in [1.82, 2.24) is 0 Å². The summed E-state index contributed by atoms with van der Waals surface area (Å²) in [5.41, 5.74) is -13.7. The van der Waals surface area contributed by atoms with Gasteiger partial charge in [0, 0.05) is 22.5 Å². The van der Waals surface area contributed by atoms with Crippen molar-refractivity contribution >= 4 is 27.8 Å². The number of fused-ring (bicyclic) bond motifs is 6. The quantitative estimate of drug-likeness (QED) is 0.169. The van der Waals surface area contributed by atoms with E-state index in [1.54, 1.807) is 0 Å². The zero-order valence-electron chi connectivity index (χ0n) is 61.9. The molecule has 9 aromatic rings. The third kappa shape index (κ3) is 5.71. The van der Waals surface area contributed by atoms with Crippen LogP contribution in [0, 0.1) is 0 Å². The smallest absolute Gasteiger partial charge is 0.137 e. The van der Waals surface area contributed by atoms with E-state index in [-0.39, 0.29) is 4.90 Å². The molecule has 0 N–H and O–H groups in total. The van der Waals surface area contributed by atoms with Crippen LogP contribution in [-0.4, -0.2) is 0 Å². The Morgan fingerprint density at radius 1 is 0.333 bits per heavy atom. The molecule has 0 saturated carbocycles. The summed E-state index contributed by atoms with van der Waals surface area (Å²) in [6.07, 6.45) is 0. The van der Waals surface area contributed by atoms with E-state index < -0.39 is 306 Å². The Bertz CT molecular complexity index is 4540. The number of benzene rings is 9. The second-order valence-electron chi connectivity index (χ2n) is 11.0. The molecule has 0 atom stereocenters. The average molecular weight is 725 g/mol. The molecule has 0 fully saturated rings. The third-order valence-electron chi connectivity index (χ3n) is 7.88. The van der Waals surface area contributed by atoms with Crippen molar-refractivity contribution in [1.29, 1.82) is 0 Å². The minimum Gasteiger partial charge on any atom is -0.456 e. The Hall–Kier alpha value is -7.16. The number of nitrogens with zero attached hydrogens (tertiary/aromatic N) is 1. The van der Waals surface area contributed by atoms with Crippen LogP contribution in [-0.2, 0) is 0 Å². The molecule has 1 aliphatic heterocycles. The summed E-state index contributed by atoms with van der Waals surface area (Å²) >= 11 is 0. The molecule has 0 unspecified atom stereocenters. The molecule has 1 heterocycles. The summed E-state index contributed by atoms with van der Waals surface area (Å²) in [5, 5.41) is -1.53. The van der Waals surface area contributed by atoms with Crippen molar-refractivity contribution in [2.24, 2.45) is 0 Å². The lowest BCUT2D eigenvalue weighted by Gasteiger charge is -2.29. The zero-order valence-corrected chi connectivity index (χ0v) is 26.9. The maximum absolute atomic E-state index is 10.1. The Kier molecular flexibility index (Phi) is 2.97. The summed E-state index contributed by atoms with van der Waals surface area (Å²) in [7, 11) is 0. The fraction of sp³-hybridized carbons (Fsp3) is 0. The molecule has 0 bridgehead atoms. The van der Waals surface area contributed by atoms with Gasteiger partial charge in [-0.3, -0.25) is 0 Å².